The molecule has 0 bridgehead atoms. The van der Waals surface area contributed by atoms with Crippen LogP contribution in [0, 0.1) is 13.8 Å². The van der Waals surface area contributed by atoms with E-state index in [-0.39, 0.29) is 5.91 Å². The van der Waals surface area contributed by atoms with E-state index in [2.05, 4.69) is 31.0 Å². The van der Waals surface area contributed by atoms with Gasteiger partial charge in [0.25, 0.3) is 5.91 Å². The molecular formula is C23H28N2O4S. The zero-order valence-electron chi connectivity index (χ0n) is 18.4. The second-order valence-corrected chi connectivity index (χ2v) is 7.82. The predicted molar refractivity (Wildman–Crippen MR) is 120 cm³/mol. The molecule has 3 rings (SSSR count). The Labute approximate surface area is 180 Å². The lowest BCUT2D eigenvalue weighted by molar-refractivity contribution is 0.0997. The summed E-state index contributed by atoms with van der Waals surface area (Å²) in [6.07, 6.45) is 0. The normalized spacial score (nSPS) is 11.7. The molecule has 0 saturated heterocycles. The average molecular weight is 429 g/mol. The maximum atomic E-state index is 13.1. The molecule has 1 aromatic heterocycles. The van der Waals surface area contributed by atoms with Crippen molar-refractivity contribution in [1.82, 2.24) is 4.57 Å². The van der Waals surface area contributed by atoms with Crippen LogP contribution in [0.3, 0.4) is 0 Å². The number of hydrogen-bond donors (Lipinski definition) is 0. The summed E-state index contributed by atoms with van der Waals surface area (Å²) in [5.41, 5.74) is 3.90. The highest BCUT2D eigenvalue weighted by Crippen LogP contribution is 2.39. The summed E-state index contributed by atoms with van der Waals surface area (Å²) in [5, 5.41) is 0. The minimum absolute atomic E-state index is 0.350. The van der Waals surface area contributed by atoms with Gasteiger partial charge in [-0.05, 0) is 63.9 Å². The van der Waals surface area contributed by atoms with Crippen molar-refractivity contribution in [1.29, 1.82) is 0 Å². The van der Waals surface area contributed by atoms with Crippen LogP contribution in [0.25, 0.3) is 10.2 Å². The summed E-state index contributed by atoms with van der Waals surface area (Å²) in [4.78, 5) is 18.1. The van der Waals surface area contributed by atoms with Crippen LogP contribution < -0.4 is 19.0 Å². The summed E-state index contributed by atoms with van der Waals surface area (Å²) in [7, 11) is 1.94. The van der Waals surface area contributed by atoms with Gasteiger partial charge in [-0.15, -0.1) is 0 Å². The zero-order chi connectivity index (χ0) is 21.8. The third-order valence-electron chi connectivity index (χ3n) is 4.84. The van der Waals surface area contributed by atoms with Crippen LogP contribution >= 0.6 is 11.3 Å². The Balaban J connectivity index is 2.12. The molecule has 1 amide bonds. The van der Waals surface area contributed by atoms with E-state index in [1.807, 2.05) is 32.4 Å². The Morgan fingerprint density at radius 3 is 2.17 bits per heavy atom. The Morgan fingerprint density at radius 1 is 1.00 bits per heavy atom. The van der Waals surface area contributed by atoms with Gasteiger partial charge in [0.05, 0.1) is 30.0 Å². The monoisotopic (exact) mass is 428 g/mol. The molecule has 3 aromatic rings. The lowest BCUT2D eigenvalue weighted by Crippen LogP contribution is -2.14. The first-order valence-electron chi connectivity index (χ1n) is 10.1. The van der Waals surface area contributed by atoms with Gasteiger partial charge in [0.15, 0.2) is 16.3 Å². The van der Waals surface area contributed by atoms with Gasteiger partial charge in [-0.3, -0.25) is 4.79 Å². The maximum Gasteiger partial charge on any atom is 0.279 e. The summed E-state index contributed by atoms with van der Waals surface area (Å²) < 4.78 is 20.2. The van der Waals surface area contributed by atoms with Crippen molar-refractivity contribution in [3.8, 4) is 17.2 Å². The van der Waals surface area contributed by atoms with Crippen LogP contribution in [-0.2, 0) is 7.05 Å². The van der Waals surface area contributed by atoms with Crippen LogP contribution in [0.15, 0.2) is 29.3 Å². The fourth-order valence-electron chi connectivity index (χ4n) is 3.30. The zero-order valence-corrected chi connectivity index (χ0v) is 19.2. The number of aromatic nitrogens is 1. The largest absolute Gasteiger partial charge is 0.490 e. The molecule has 0 fully saturated rings. The van der Waals surface area contributed by atoms with Gasteiger partial charge in [0.2, 0.25) is 5.75 Å². The van der Waals surface area contributed by atoms with Crippen molar-refractivity contribution in [2.75, 3.05) is 19.8 Å². The molecule has 2 aromatic carbocycles. The molecule has 7 heteroatoms. The van der Waals surface area contributed by atoms with Crippen molar-refractivity contribution in [2.45, 2.75) is 34.6 Å². The summed E-state index contributed by atoms with van der Waals surface area (Å²) in [5.74, 6) is 1.12. The lowest BCUT2D eigenvalue weighted by atomic mass is 10.1. The molecule has 0 aliphatic rings. The standard InChI is InChI=1S/C23H28N2O4S/c1-7-27-17-12-16(13-18(28-8-2)21(17)29-9-3)22(26)24-23-25(6)20-15(5)14(4)10-11-19(20)30-23/h10-13H,7-9H2,1-6H3. The van der Waals surface area contributed by atoms with Crippen LogP contribution in [0.4, 0.5) is 0 Å². The average Bonchev–Trinajstić information content (AvgIpc) is 3.03. The van der Waals surface area contributed by atoms with Crippen molar-refractivity contribution in [2.24, 2.45) is 12.0 Å². The van der Waals surface area contributed by atoms with Crippen molar-refractivity contribution in [3.05, 3.63) is 45.8 Å². The molecule has 6 nitrogen and oxygen atoms in total. The summed E-state index contributed by atoms with van der Waals surface area (Å²) in [6, 6.07) is 7.51. The van der Waals surface area contributed by atoms with Crippen LogP contribution in [-0.4, -0.2) is 30.3 Å². The molecule has 0 saturated carbocycles. The molecule has 0 unspecified atom stereocenters. The van der Waals surface area contributed by atoms with E-state index in [0.717, 1.165) is 10.2 Å². The number of carbonyl (C=O) groups is 1. The molecule has 0 atom stereocenters. The first-order valence-corrected chi connectivity index (χ1v) is 10.9. The second kappa shape index (κ2) is 9.34. The molecule has 0 N–H and O–H groups in total. The molecule has 30 heavy (non-hydrogen) atoms. The fraction of sp³-hybridized carbons (Fsp3) is 0.391. The Hall–Kier alpha value is -2.80. The van der Waals surface area contributed by atoms with Gasteiger partial charge in [0, 0.05) is 12.6 Å². The van der Waals surface area contributed by atoms with Gasteiger partial charge in [-0.2, -0.15) is 4.99 Å². The Bertz CT molecular complexity index is 1120. The number of benzene rings is 2. The van der Waals surface area contributed by atoms with E-state index in [0.29, 0.717) is 47.4 Å². The van der Waals surface area contributed by atoms with Crippen molar-refractivity contribution >= 4 is 27.5 Å². The molecule has 0 aliphatic carbocycles. The fourth-order valence-corrected chi connectivity index (χ4v) is 4.38. The van der Waals surface area contributed by atoms with Gasteiger partial charge in [0.1, 0.15) is 0 Å². The molecular weight excluding hydrogens is 400 g/mol. The van der Waals surface area contributed by atoms with Crippen LogP contribution in [0.5, 0.6) is 17.2 Å². The third kappa shape index (κ3) is 4.21. The molecule has 0 radical (unpaired) electrons. The van der Waals surface area contributed by atoms with Crippen molar-refractivity contribution in [3.63, 3.8) is 0 Å². The molecule has 160 valence electrons. The van der Waals surface area contributed by atoms with E-state index < -0.39 is 0 Å². The number of carbonyl (C=O) groups excluding carboxylic acids is 1. The van der Waals surface area contributed by atoms with E-state index in [1.165, 1.54) is 22.5 Å². The molecule has 1 heterocycles. The number of thiazole rings is 1. The quantitative estimate of drug-likeness (QED) is 0.543. The number of ether oxygens (including phenoxy) is 3. The van der Waals surface area contributed by atoms with E-state index in [1.54, 1.807) is 12.1 Å². The highest BCUT2D eigenvalue weighted by atomic mass is 32.1. The van der Waals surface area contributed by atoms with Crippen molar-refractivity contribution < 1.29 is 19.0 Å². The highest BCUT2D eigenvalue weighted by Gasteiger charge is 2.18. The lowest BCUT2D eigenvalue weighted by Gasteiger charge is -2.16. The number of nitrogens with zero attached hydrogens (tertiary/aromatic N) is 2. The topological polar surface area (TPSA) is 62.0 Å². The van der Waals surface area contributed by atoms with E-state index >= 15 is 0 Å². The minimum atomic E-state index is -0.350. The Kier molecular flexibility index (Phi) is 6.82. The van der Waals surface area contributed by atoms with Crippen LogP contribution in [0.1, 0.15) is 42.3 Å². The smallest absolute Gasteiger partial charge is 0.279 e. The SMILES string of the molecule is CCOc1cc(C(=O)N=c2sc3ccc(C)c(C)c3n2C)cc(OCC)c1OCC. The first kappa shape index (κ1) is 21.9. The first-order chi connectivity index (χ1) is 14.4. The third-order valence-corrected chi connectivity index (χ3v) is 5.94. The number of fused-ring (bicyclic) bond motifs is 1. The van der Waals surface area contributed by atoms with E-state index in [9.17, 15) is 4.79 Å². The van der Waals surface area contributed by atoms with Gasteiger partial charge < -0.3 is 18.8 Å². The van der Waals surface area contributed by atoms with Gasteiger partial charge in [-0.1, -0.05) is 17.4 Å². The van der Waals surface area contributed by atoms with Crippen LogP contribution in [0.2, 0.25) is 0 Å². The Morgan fingerprint density at radius 2 is 1.60 bits per heavy atom. The summed E-state index contributed by atoms with van der Waals surface area (Å²) >= 11 is 1.50. The highest BCUT2D eigenvalue weighted by molar-refractivity contribution is 7.16. The van der Waals surface area contributed by atoms with E-state index in [4.69, 9.17) is 14.2 Å². The number of aryl methyl sites for hydroxylation is 3. The number of amides is 1. The number of rotatable bonds is 7. The predicted octanol–water partition coefficient (Wildman–Crippen LogP) is 4.79. The van der Waals surface area contributed by atoms with Gasteiger partial charge in [-0.25, -0.2) is 0 Å². The molecule has 0 spiro atoms. The maximum absolute atomic E-state index is 13.1. The summed E-state index contributed by atoms with van der Waals surface area (Å²) in [6.45, 7) is 11.2. The minimum Gasteiger partial charge on any atom is -0.490 e. The number of hydrogen-bond acceptors (Lipinski definition) is 5. The van der Waals surface area contributed by atoms with Gasteiger partial charge >= 0.3 is 0 Å². The second-order valence-electron chi connectivity index (χ2n) is 6.82. The molecule has 0 aliphatic heterocycles.